The molecule has 0 fully saturated rings. The summed E-state index contributed by atoms with van der Waals surface area (Å²) >= 11 is 0. The molecule has 6 nitrogen and oxygen atoms in total. The Kier molecular flexibility index (Phi) is 5.79. The molecule has 1 aromatic rings. The standard InChI is InChI=1S/C13H22N2O4S/c1-3-13(2,16)10-15-20(17,18)9-8-19-12-7-5-4-6-11(12)14/h4-7,15-16H,3,8-10,14H2,1-2H3. The summed E-state index contributed by atoms with van der Waals surface area (Å²) in [6.07, 6.45) is 0.465. The zero-order valence-corrected chi connectivity index (χ0v) is 12.6. The highest BCUT2D eigenvalue weighted by atomic mass is 32.2. The van der Waals surface area contributed by atoms with E-state index < -0.39 is 15.6 Å². The van der Waals surface area contributed by atoms with Gasteiger partial charge in [-0.15, -0.1) is 0 Å². The highest BCUT2D eigenvalue weighted by Gasteiger charge is 2.21. The molecule has 7 heteroatoms. The first kappa shape index (κ1) is 16.7. The van der Waals surface area contributed by atoms with Gasteiger partial charge in [0.05, 0.1) is 17.0 Å². The van der Waals surface area contributed by atoms with Crippen LogP contribution >= 0.6 is 0 Å². The number of nitrogens with one attached hydrogen (secondary N) is 1. The van der Waals surface area contributed by atoms with Crippen molar-refractivity contribution in [2.75, 3.05) is 24.6 Å². The molecule has 1 aromatic carbocycles. The van der Waals surface area contributed by atoms with Crippen molar-refractivity contribution < 1.29 is 18.3 Å². The Morgan fingerprint density at radius 3 is 2.65 bits per heavy atom. The average molecular weight is 302 g/mol. The molecule has 0 saturated carbocycles. The summed E-state index contributed by atoms with van der Waals surface area (Å²) in [5.41, 5.74) is 5.10. The van der Waals surface area contributed by atoms with Gasteiger partial charge in [0.1, 0.15) is 12.4 Å². The number of rotatable bonds is 8. The number of benzene rings is 1. The Labute approximate surface area is 120 Å². The molecule has 0 aliphatic carbocycles. The monoisotopic (exact) mass is 302 g/mol. The highest BCUT2D eigenvalue weighted by molar-refractivity contribution is 7.89. The average Bonchev–Trinajstić information content (AvgIpc) is 2.39. The van der Waals surface area contributed by atoms with E-state index in [4.69, 9.17) is 10.5 Å². The second kappa shape index (κ2) is 6.92. The molecule has 0 amide bonds. The molecule has 0 saturated heterocycles. The molecule has 0 spiro atoms. The molecule has 0 aliphatic heterocycles. The van der Waals surface area contributed by atoms with E-state index in [2.05, 4.69) is 4.72 Å². The lowest BCUT2D eigenvalue weighted by Gasteiger charge is -2.21. The van der Waals surface area contributed by atoms with Gasteiger partial charge in [-0.3, -0.25) is 0 Å². The Balaban J connectivity index is 2.43. The number of ether oxygens (including phenoxy) is 1. The first-order valence-electron chi connectivity index (χ1n) is 6.43. The van der Waals surface area contributed by atoms with Crippen molar-refractivity contribution in [3.63, 3.8) is 0 Å². The van der Waals surface area contributed by atoms with Gasteiger partial charge in [0.25, 0.3) is 0 Å². The zero-order valence-electron chi connectivity index (χ0n) is 11.8. The second-order valence-corrected chi connectivity index (χ2v) is 6.80. The van der Waals surface area contributed by atoms with Crippen LogP contribution in [0.25, 0.3) is 0 Å². The van der Waals surface area contributed by atoms with Crippen LogP contribution in [0.3, 0.4) is 0 Å². The molecule has 1 atom stereocenters. The van der Waals surface area contributed by atoms with Crippen LogP contribution in [0.5, 0.6) is 5.75 Å². The maximum Gasteiger partial charge on any atom is 0.215 e. The van der Waals surface area contributed by atoms with Crippen LogP contribution in [0.4, 0.5) is 5.69 Å². The predicted octanol–water partition coefficient (Wildman–Crippen LogP) is 0.728. The number of sulfonamides is 1. The number of aliphatic hydroxyl groups is 1. The molecule has 1 unspecified atom stereocenters. The minimum atomic E-state index is -3.48. The van der Waals surface area contributed by atoms with E-state index in [0.29, 0.717) is 17.9 Å². The predicted molar refractivity (Wildman–Crippen MR) is 79.1 cm³/mol. The molecule has 0 radical (unpaired) electrons. The molecule has 0 aliphatic rings. The van der Waals surface area contributed by atoms with Gasteiger partial charge < -0.3 is 15.6 Å². The fourth-order valence-corrected chi connectivity index (χ4v) is 2.31. The number of nitrogen functional groups attached to an aromatic ring is 1. The van der Waals surface area contributed by atoms with Crippen LogP contribution in [0.2, 0.25) is 0 Å². The summed E-state index contributed by atoms with van der Waals surface area (Å²) in [6.45, 7) is 3.35. The minimum absolute atomic E-state index is 0.00217. The smallest absolute Gasteiger partial charge is 0.215 e. The number of para-hydroxylation sites is 2. The summed E-state index contributed by atoms with van der Waals surface area (Å²) in [6, 6.07) is 6.89. The van der Waals surface area contributed by atoms with Crippen LogP contribution in [0.15, 0.2) is 24.3 Å². The van der Waals surface area contributed by atoms with Crippen molar-refractivity contribution in [2.24, 2.45) is 0 Å². The summed E-state index contributed by atoms with van der Waals surface area (Å²) < 4.78 is 31.2. The fraction of sp³-hybridized carbons (Fsp3) is 0.538. The molecular formula is C13H22N2O4S. The molecule has 4 N–H and O–H groups in total. The summed E-state index contributed by atoms with van der Waals surface area (Å²) in [7, 11) is -3.48. The first-order valence-corrected chi connectivity index (χ1v) is 8.08. The molecular weight excluding hydrogens is 280 g/mol. The molecule has 0 heterocycles. The Morgan fingerprint density at radius 1 is 1.40 bits per heavy atom. The van der Waals surface area contributed by atoms with E-state index in [1.165, 1.54) is 0 Å². The van der Waals surface area contributed by atoms with Gasteiger partial charge in [0.15, 0.2) is 0 Å². The van der Waals surface area contributed by atoms with E-state index in [1.807, 2.05) is 0 Å². The van der Waals surface area contributed by atoms with Crippen molar-refractivity contribution in [3.8, 4) is 5.75 Å². The lowest BCUT2D eigenvalue weighted by atomic mass is 10.1. The van der Waals surface area contributed by atoms with Crippen LogP contribution < -0.4 is 15.2 Å². The van der Waals surface area contributed by atoms with E-state index >= 15 is 0 Å². The quantitative estimate of drug-likeness (QED) is 0.614. The van der Waals surface area contributed by atoms with Gasteiger partial charge in [0, 0.05) is 6.54 Å². The third-order valence-corrected chi connectivity index (χ3v) is 4.25. The van der Waals surface area contributed by atoms with Gasteiger partial charge in [-0.2, -0.15) is 0 Å². The van der Waals surface area contributed by atoms with E-state index in [1.54, 1.807) is 38.1 Å². The first-order chi connectivity index (χ1) is 9.26. The molecule has 20 heavy (non-hydrogen) atoms. The molecule has 0 aromatic heterocycles. The van der Waals surface area contributed by atoms with Crippen molar-refractivity contribution in [2.45, 2.75) is 25.9 Å². The Morgan fingerprint density at radius 2 is 2.05 bits per heavy atom. The van der Waals surface area contributed by atoms with Crippen molar-refractivity contribution >= 4 is 15.7 Å². The summed E-state index contributed by atoms with van der Waals surface area (Å²) in [5.74, 6) is 0.268. The zero-order chi connectivity index (χ0) is 15.2. The largest absolute Gasteiger partial charge is 0.490 e. The van der Waals surface area contributed by atoms with Crippen LogP contribution in [-0.4, -0.2) is 38.0 Å². The van der Waals surface area contributed by atoms with E-state index in [0.717, 1.165) is 0 Å². The van der Waals surface area contributed by atoms with Crippen molar-refractivity contribution in [3.05, 3.63) is 24.3 Å². The SMILES string of the molecule is CCC(C)(O)CNS(=O)(=O)CCOc1ccccc1N. The summed E-state index contributed by atoms with van der Waals surface area (Å²) in [5, 5.41) is 9.75. The maximum absolute atomic E-state index is 11.7. The van der Waals surface area contributed by atoms with Gasteiger partial charge in [-0.1, -0.05) is 19.1 Å². The number of nitrogens with two attached hydrogens (primary N) is 1. The fourth-order valence-electron chi connectivity index (χ4n) is 1.34. The third kappa shape index (κ3) is 5.77. The maximum atomic E-state index is 11.7. The summed E-state index contributed by atoms with van der Waals surface area (Å²) in [4.78, 5) is 0. The van der Waals surface area contributed by atoms with Crippen LogP contribution in [0.1, 0.15) is 20.3 Å². The molecule has 114 valence electrons. The molecule has 1 rings (SSSR count). The van der Waals surface area contributed by atoms with Gasteiger partial charge in [-0.25, -0.2) is 13.1 Å². The van der Waals surface area contributed by atoms with E-state index in [9.17, 15) is 13.5 Å². The van der Waals surface area contributed by atoms with E-state index in [-0.39, 0.29) is 18.9 Å². The Hall–Kier alpha value is -1.31. The minimum Gasteiger partial charge on any atom is -0.490 e. The number of anilines is 1. The number of hydrogen-bond acceptors (Lipinski definition) is 5. The normalized spacial score (nSPS) is 14.8. The highest BCUT2D eigenvalue weighted by Crippen LogP contribution is 2.19. The third-order valence-electron chi connectivity index (χ3n) is 2.96. The van der Waals surface area contributed by atoms with Gasteiger partial charge in [0.2, 0.25) is 10.0 Å². The lowest BCUT2D eigenvalue weighted by Crippen LogP contribution is -2.41. The van der Waals surface area contributed by atoms with Crippen LogP contribution in [0, 0.1) is 0 Å². The second-order valence-electron chi connectivity index (χ2n) is 4.88. The van der Waals surface area contributed by atoms with Crippen molar-refractivity contribution in [1.82, 2.24) is 4.72 Å². The molecule has 0 bridgehead atoms. The van der Waals surface area contributed by atoms with Gasteiger partial charge >= 0.3 is 0 Å². The number of hydrogen-bond donors (Lipinski definition) is 3. The Bertz CT molecular complexity index is 529. The van der Waals surface area contributed by atoms with Crippen LogP contribution in [-0.2, 0) is 10.0 Å². The lowest BCUT2D eigenvalue weighted by molar-refractivity contribution is 0.0613. The van der Waals surface area contributed by atoms with Crippen molar-refractivity contribution in [1.29, 1.82) is 0 Å². The topological polar surface area (TPSA) is 102 Å². The van der Waals surface area contributed by atoms with Gasteiger partial charge in [-0.05, 0) is 25.5 Å².